The molecule has 0 aromatic carbocycles. The Hall–Kier alpha value is -0.660. The van der Waals surface area contributed by atoms with Gasteiger partial charge in [-0.2, -0.15) is 0 Å². The Kier molecular flexibility index (Phi) is 3.42. The Morgan fingerprint density at radius 2 is 2.12 bits per heavy atom. The Bertz CT molecular complexity index is 409. The molecule has 2 N–H and O–H groups in total. The maximum absolute atomic E-state index is 12.1. The van der Waals surface area contributed by atoms with Crippen molar-refractivity contribution in [3.05, 3.63) is 0 Å². The van der Waals surface area contributed by atoms with Crippen LogP contribution in [-0.2, 0) is 14.6 Å². The number of hydrogen-bond acceptors (Lipinski definition) is 5. The van der Waals surface area contributed by atoms with Crippen LogP contribution < -0.4 is 5.32 Å². The topological polar surface area (TPSA) is 86.7 Å². The summed E-state index contributed by atoms with van der Waals surface area (Å²) >= 11 is 0. The number of amides is 1. The lowest BCUT2D eigenvalue weighted by atomic mass is 10.1. The summed E-state index contributed by atoms with van der Waals surface area (Å²) in [5.41, 5.74) is 0. The summed E-state index contributed by atoms with van der Waals surface area (Å²) in [7, 11) is -1.40. The van der Waals surface area contributed by atoms with Crippen molar-refractivity contribution >= 4 is 15.7 Å². The van der Waals surface area contributed by atoms with E-state index in [2.05, 4.69) is 5.32 Å². The molecule has 6 nitrogen and oxygen atoms in total. The molecule has 0 aromatic rings. The van der Waals surface area contributed by atoms with E-state index >= 15 is 0 Å². The summed E-state index contributed by atoms with van der Waals surface area (Å²) < 4.78 is 22.6. The molecule has 2 aliphatic rings. The zero-order chi connectivity index (χ0) is 12.6. The van der Waals surface area contributed by atoms with Crippen LogP contribution in [0.2, 0.25) is 0 Å². The SMILES string of the molecule is CN(C(=O)C1CCS(=O)(=O)C1)[C@H]1CNC[C@@H]1O. The molecule has 1 unspecified atom stereocenters. The van der Waals surface area contributed by atoms with Gasteiger partial charge in [0.25, 0.3) is 0 Å². The second-order valence-electron chi connectivity index (χ2n) is 4.84. The molecule has 3 atom stereocenters. The quantitative estimate of drug-likeness (QED) is 0.614. The number of β-amino-alcohol motifs (C(OH)–C–C–N with tert-alkyl or cyclic N) is 1. The van der Waals surface area contributed by atoms with Gasteiger partial charge in [0.1, 0.15) is 0 Å². The number of carbonyl (C=O) groups excluding carboxylic acids is 1. The van der Waals surface area contributed by atoms with Crippen molar-refractivity contribution in [2.75, 3.05) is 31.6 Å². The molecule has 17 heavy (non-hydrogen) atoms. The zero-order valence-electron chi connectivity index (χ0n) is 9.80. The highest BCUT2D eigenvalue weighted by atomic mass is 32.2. The molecule has 7 heteroatoms. The molecule has 1 amide bonds. The molecular formula is C10H18N2O4S. The van der Waals surface area contributed by atoms with Crippen molar-refractivity contribution in [3.63, 3.8) is 0 Å². The fourth-order valence-electron chi connectivity index (χ4n) is 2.49. The predicted molar refractivity (Wildman–Crippen MR) is 62.2 cm³/mol. The minimum atomic E-state index is -3.04. The van der Waals surface area contributed by atoms with Crippen LogP contribution >= 0.6 is 0 Å². The normalized spacial score (nSPS) is 36.0. The fourth-order valence-corrected chi connectivity index (χ4v) is 4.22. The minimum Gasteiger partial charge on any atom is -0.390 e. The first-order valence-corrected chi connectivity index (χ1v) is 7.59. The van der Waals surface area contributed by atoms with Gasteiger partial charge < -0.3 is 15.3 Å². The van der Waals surface area contributed by atoms with Crippen molar-refractivity contribution in [3.8, 4) is 0 Å². The molecule has 98 valence electrons. The second kappa shape index (κ2) is 4.55. The summed E-state index contributed by atoms with van der Waals surface area (Å²) in [5.74, 6) is -0.550. The Balaban J connectivity index is 2.00. The summed E-state index contributed by atoms with van der Waals surface area (Å²) in [6.07, 6.45) is -0.163. The molecule has 0 spiro atoms. The van der Waals surface area contributed by atoms with Crippen molar-refractivity contribution in [2.45, 2.75) is 18.6 Å². The van der Waals surface area contributed by atoms with Gasteiger partial charge in [0.15, 0.2) is 9.84 Å². The molecule has 0 bridgehead atoms. The maximum atomic E-state index is 12.1. The highest BCUT2D eigenvalue weighted by Crippen LogP contribution is 2.22. The van der Waals surface area contributed by atoms with Crippen molar-refractivity contribution in [1.29, 1.82) is 0 Å². The van der Waals surface area contributed by atoms with Crippen LogP contribution in [0.15, 0.2) is 0 Å². The number of nitrogens with one attached hydrogen (secondary N) is 1. The van der Waals surface area contributed by atoms with Crippen molar-refractivity contribution in [1.82, 2.24) is 10.2 Å². The van der Waals surface area contributed by atoms with E-state index in [1.807, 2.05) is 0 Å². The lowest BCUT2D eigenvalue weighted by molar-refractivity contribution is -0.136. The molecule has 2 heterocycles. The first-order valence-electron chi connectivity index (χ1n) is 5.76. The summed E-state index contributed by atoms with van der Waals surface area (Å²) in [6, 6.07) is -0.245. The number of nitrogens with zero attached hydrogens (tertiary/aromatic N) is 1. The monoisotopic (exact) mass is 262 g/mol. The molecule has 2 rings (SSSR count). The number of sulfone groups is 1. The van der Waals surface area contributed by atoms with E-state index in [9.17, 15) is 18.3 Å². The number of aliphatic hydroxyl groups excluding tert-OH is 1. The minimum absolute atomic E-state index is 0.0492. The van der Waals surface area contributed by atoms with Gasteiger partial charge in [-0.05, 0) is 6.42 Å². The van der Waals surface area contributed by atoms with Crippen LogP contribution in [0.25, 0.3) is 0 Å². The number of aliphatic hydroxyl groups is 1. The van der Waals surface area contributed by atoms with Gasteiger partial charge in [-0.3, -0.25) is 4.79 Å². The number of likely N-dealkylation sites (N-methyl/N-ethyl adjacent to an activating group) is 1. The second-order valence-corrected chi connectivity index (χ2v) is 7.07. The zero-order valence-corrected chi connectivity index (χ0v) is 10.6. The van der Waals surface area contributed by atoms with Gasteiger partial charge in [-0.1, -0.05) is 0 Å². The molecule has 0 radical (unpaired) electrons. The third-order valence-electron chi connectivity index (χ3n) is 3.58. The van der Waals surface area contributed by atoms with E-state index in [4.69, 9.17) is 0 Å². The molecular weight excluding hydrogens is 244 g/mol. The van der Waals surface area contributed by atoms with E-state index in [0.29, 0.717) is 19.5 Å². The highest BCUT2D eigenvalue weighted by molar-refractivity contribution is 7.91. The molecule has 0 aromatic heterocycles. The number of carbonyl (C=O) groups is 1. The molecule has 2 aliphatic heterocycles. The van der Waals surface area contributed by atoms with Crippen LogP contribution in [0.3, 0.4) is 0 Å². The van der Waals surface area contributed by atoms with Crippen LogP contribution in [0.1, 0.15) is 6.42 Å². The standard InChI is InChI=1S/C10H18N2O4S/c1-12(8-4-11-5-9(8)13)10(14)7-2-3-17(15,16)6-7/h7-9,11,13H,2-6H2,1H3/t7?,8-,9-/m0/s1. The lowest BCUT2D eigenvalue weighted by Gasteiger charge is -2.28. The highest BCUT2D eigenvalue weighted by Gasteiger charge is 2.38. The van der Waals surface area contributed by atoms with E-state index in [-0.39, 0.29) is 23.5 Å². The molecule has 0 saturated carbocycles. The number of hydrogen-bond donors (Lipinski definition) is 2. The van der Waals surface area contributed by atoms with E-state index in [1.165, 1.54) is 4.90 Å². The van der Waals surface area contributed by atoms with Gasteiger partial charge in [-0.15, -0.1) is 0 Å². The first-order chi connectivity index (χ1) is 7.91. The van der Waals surface area contributed by atoms with E-state index in [0.717, 1.165) is 0 Å². The van der Waals surface area contributed by atoms with Gasteiger partial charge >= 0.3 is 0 Å². The van der Waals surface area contributed by atoms with Crippen LogP contribution in [0, 0.1) is 5.92 Å². The molecule has 2 fully saturated rings. The largest absolute Gasteiger partial charge is 0.390 e. The molecule has 0 aliphatic carbocycles. The van der Waals surface area contributed by atoms with Gasteiger partial charge in [0.2, 0.25) is 5.91 Å². The third kappa shape index (κ3) is 2.61. The van der Waals surface area contributed by atoms with Gasteiger partial charge in [0, 0.05) is 20.1 Å². The summed E-state index contributed by atoms with van der Waals surface area (Å²) in [5, 5.41) is 12.7. The molecule has 2 saturated heterocycles. The third-order valence-corrected chi connectivity index (χ3v) is 5.35. The van der Waals surface area contributed by atoms with E-state index in [1.54, 1.807) is 7.05 Å². The van der Waals surface area contributed by atoms with E-state index < -0.39 is 21.9 Å². The average molecular weight is 262 g/mol. The van der Waals surface area contributed by atoms with Crippen LogP contribution in [0.4, 0.5) is 0 Å². The van der Waals surface area contributed by atoms with Crippen LogP contribution in [0.5, 0.6) is 0 Å². The average Bonchev–Trinajstić information content (AvgIpc) is 2.82. The van der Waals surface area contributed by atoms with Gasteiger partial charge in [-0.25, -0.2) is 8.42 Å². The van der Waals surface area contributed by atoms with Crippen molar-refractivity contribution in [2.24, 2.45) is 5.92 Å². The summed E-state index contributed by atoms with van der Waals surface area (Å²) in [4.78, 5) is 13.6. The predicted octanol–water partition coefficient (Wildman–Crippen LogP) is -1.79. The van der Waals surface area contributed by atoms with Crippen LogP contribution in [-0.4, -0.2) is 68.1 Å². The Morgan fingerprint density at radius 3 is 2.59 bits per heavy atom. The smallest absolute Gasteiger partial charge is 0.226 e. The maximum Gasteiger partial charge on any atom is 0.226 e. The Labute approximate surface area is 101 Å². The lowest BCUT2D eigenvalue weighted by Crippen LogP contribution is -2.46. The summed E-state index contributed by atoms with van der Waals surface area (Å²) in [6.45, 7) is 1.04. The van der Waals surface area contributed by atoms with Gasteiger partial charge in [0.05, 0.1) is 29.6 Å². The van der Waals surface area contributed by atoms with Crippen molar-refractivity contribution < 1.29 is 18.3 Å². The fraction of sp³-hybridized carbons (Fsp3) is 0.900. The first kappa shape index (κ1) is 12.8. The number of rotatable bonds is 2. The Morgan fingerprint density at radius 1 is 1.41 bits per heavy atom.